The fourth-order valence-electron chi connectivity index (χ4n) is 1.97. The number of nitrogens with zero attached hydrogens (tertiary/aromatic N) is 4. The van der Waals surface area contributed by atoms with E-state index in [2.05, 4.69) is 15.5 Å². The highest BCUT2D eigenvalue weighted by Crippen LogP contribution is 2.40. The number of aliphatic carboxylic acids is 1. The van der Waals surface area contributed by atoms with Crippen LogP contribution in [0.2, 0.25) is 0 Å². The average Bonchev–Trinajstić information content (AvgIpc) is 2.48. The van der Waals surface area contributed by atoms with E-state index in [4.69, 9.17) is 0 Å². The van der Waals surface area contributed by atoms with Crippen LogP contribution in [-0.2, 0) is 15.7 Å². The van der Waals surface area contributed by atoms with Crippen LogP contribution in [0.4, 0.5) is 0 Å². The zero-order chi connectivity index (χ0) is 12.0. The fraction of sp³-hybridized carbons (Fsp3) is 0.800. The molecule has 1 aromatic rings. The summed E-state index contributed by atoms with van der Waals surface area (Å²) in [5.41, 5.74) is -1.16. The fourth-order valence-corrected chi connectivity index (χ4v) is 1.97. The summed E-state index contributed by atoms with van der Waals surface area (Å²) < 4.78 is 1.50. The van der Waals surface area contributed by atoms with Crippen LogP contribution >= 0.6 is 0 Å². The second kappa shape index (κ2) is 3.26. The number of hydrogen-bond donors (Lipinski definition) is 1. The zero-order valence-corrected chi connectivity index (χ0v) is 9.77. The van der Waals surface area contributed by atoms with Gasteiger partial charge in [0.1, 0.15) is 0 Å². The third-order valence-corrected chi connectivity index (χ3v) is 3.12. The molecule has 6 heteroatoms. The van der Waals surface area contributed by atoms with Gasteiger partial charge in [0.05, 0.1) is 0 Å². The summed E-state index contributed by atoms with van der Waals surface area (Å²) in [5.74, 6) is -0.203. The van der Waals surface area contributed by atoms with Crippen LogP contribution in [0, 0.1) is 0 Å². The molecule has 16 heavy (non-hydrogen) atoms. The van der Waals surface area contributed by atoms with E-state index in [9.17, 15) is 9.90 Å². The van der Waals surface area contributed by atoms with Gasteiger partial charge in [-0.3, -0.25) is 0 Å². The van der Waals surface area contributed by atoms with E-state index in [1.807, 2.05) is 20.8 Å². The first-order chi connectivity index (χ1) is 7.38. The Labute approximate surface area is 93.6 Å². The molecule has 0 atom stereocenters. The molecule has 1 aliphatic carbocycles. The monoisotopic (exact) mass is 224 g/mol. The van der Waals surface area contributed by atoms with Crippen molar-refractivity contribution >= 4 is 5.97 Å². The molecule has 0 aliphatic heterocycles. The Bertz CT molecular complexity index is 415. The summed E-state index contributed by atoms with van der Waals surface area (Å²) in [6.45, 7) is 5.93. The minimum Gasteiger partial charge on any atom is -0.479 e. The van der Waals surface area contributed by atoms with Crippen molar-refractivity contribution in [1.29, 1.82) is 0 Å². The number of tetrazole rings is 1. The number of rotatable bonds is 2. The lowest BCUT2D eigenvalue weighted by Gasteiger charge is -2.38. The van der Waals surface area contributed by atoms with E-state index in [1.165, 1.54) is 4.68 Å². The summed E-state index contributed by atoms with van der Waals surface area (Å²) >= 11 is 0. The van der Waals surface area contributed by atoms with E-state index in [0.29, 0.717) is 18.7 Å². The topological polar surface area (TPSA) is 80.9 Å². The quantitative estimate of drug-likeness (QED) is 0.808. The first-order valence-electron chi connectivity index (χ1n) is 5.41. The second-order valence-corrected chi connectivity index (χ2v) is 5.35. The van der Waals surface area contributed by atoms with Gasteiger partial charge in [0, 0.05) is 5.41 Å². The van der Waals surface area contributed by atoms with Crippen molar-refractivity contribution in [3.63, 3.8) is 0 Å². The van der Waals surface area contributed by atoms with Gasteiger partial charge in [-0.1, -0.05) is 20.8 Å². The molecule has 1 aromatic heterocycles. The van der Waals surface area contributed by atoms with Gasteiger partial charge in [0.25, 0.3) is 0 Å². The van der Waals surface area contributed by atoms with E-state index in [1.54, 1.807) is 0 Å². The zero-order valence-electron chi connectivity index (χ0n) is 9.77. The van der Waals surface area contributed by atoms with Gasteiger partial charge in [-0.25, -0.2) is 9.48 Å². The Morgan fingerprint density at radius 1 is 1.44 bits per heavy atom. The van der Waals surface area contributed by atoms with Gasteiger partial charge >= 0.3 is 5.97 Å². The van der Waals surface area contributed by atoms with Crippen LogP contribution in [0.1, 0.15) is 45.9 Å². The summed E-state index contributed by atoms with van der Waals surface area (Å²) in [6.07, 6.45) is 2.13. The molecule has 0 saturated heterocycles. The highest BCUT2D eigenvalue weighted by Gasteiger charge is 2.49. The molecule has 0 aromatic carbocycles. The molecule has 0 radical (unpaired) electrons. The number of carboxylic acids is 1. The number of carboxylic acid groups (broad SMARTS) is 1. The number of carbonyl (C=O) groups is 1. The highest BCUT2D eigenvalue weighted by atomic mass is 16.4. The van der Waals surface area contributed by atoms with Crippen LogP contribution in [-0.4, -0.2) is 31.3 Å². The van der Waals surface area contributed by atoms with Gasteiger partial charge in [-0.05, 0) is 29.7 Å². The summed E-state index contributed by atoms with van der Waals surface area (Å²) in [6, 6.07) is 0. The molecule has 1 aliphatic rings. The Morgan fingerprint density at radius 3 is 2.44 bits per heavy atom. The molecular formula is C10H16N4O2. The molecule has 1 fully saturated rings. The molecule has 0 spiro atoms. The first kappa shape index (κ1) is 11.0. The molecule has 0 amide bonds. The Balaban J connectivity index is 2.48. The smallest absolute Gasteiger partial charge is 0.331 e. The maximum absolute atomic E-state index is 11.4. The minimum absolute atomic E-state index is 0.248. The maximum atomic E-state index is 11.4. The predicted molar refractivity (Wildman–Crippen MR) is 56.0 cm³/mol. The summed E-state index contributed by atoms with van der Waals surface area (Å²) in [5, 5.41) is 20.8. The largest absolute Gasteiger partial charge is 0.479 e. The Morgan fingerprint density at radius 2 is 2.06 bits per heavy atom. The van der Waals surface area contributed by atoms with Crippen molar-refractivity contribution in [2.24, 2.45) is 0 Å². The van der Waals surface area contributed by atoms with Gasteiger partial charge < -0.3 is 5.11 Å². The average molecular weight is 224 g/mol. The summed E-state index contributed by atoms with van der Waals surface area (Å²) in [7, 11) is 0. The van der Waals surface area contributed by atoms with Gasteiger partial charge in [-0.15, -0.1) is 5.10 Å². The minimum atomic E-state index is -0.911. The molecule has 88 valence electrons. The highest BCUT2D eigenvalue weighted by molar-refractivity contribution is 5.77. The van der Waals surface area contributed by atoms with E-state index >= 15 is 0 Å². The SMILES string of the molecule is CC(C)(C)c1nnnn1C1(C(=O)O)CCC1. The molecule has 0 unspecified atom stereocenters. The summed E-state index contributed by atoms with van der Waals surface area (Å²) in [4.78, 5) is 11.4. The normalized spacial score (nSPS) is 19.2. The van der Waals surface area contributed by atoms with E-state index in [-0.39, 0.29) is 5.41 Å². The molecule has 0 bridgehead atoms. The van der Waals surface area contributed by atoms with Crippen molar-refractivity contribution in [3.8, 4) is 0 Å². The van der Waals surface area contributed by atoms with Crippen LogP contribution in [0.25, 0.3) is 0 Å². The van der Waals surface area contributed by atoms with Crippen LogP contribution in [0.3, 0.4) is 0 Å². The van der Waals surface area contributed by atoms with Crippen LogP contribution in [0.5, 0.6) is 0 Å². The number of hydrogen-bond acceptors (Lipinski definition) is 4. The molecule has 2 rings (SSSR count). The first-order valence-corrected chi connectivity index (χ1v) is 5.41. The second-order valence-electron chi connectivity index (χ2n) is 5.35. The maximum Gasteiger partial charge on any atom is 0.331 e. The van der Waals surface area contributed by atoms with Crippen molar-refractivity contribution in [2.75, 3.05) is 0 Å². The van der Waals surface area contributed by atoms with Crippen LogP contribution in [0.15, 0.2) is 0 Å². The lowest BCUT2D eigenvalue weighted by molar-refractivity contribution is -0.153. The molecule has 1 N–H and O–H groups in total. The van der Waals surface area contributed by atoms with Crippen LogP contribution < -0.4 is 0 Å². The molecular weight excluding hydrogens is 208 g/mol. The van der Waals surface area contributed by atoms with E-state index < -0.39 is 11.5 Å². The standard InChI is InChI=1S/C10H16N4O2/c1-9(2,3)7-11-12-13-14(7)10(8(15)16)5-4-6-10/h4-6H2,1-3H3,(H,15,16). The lowest BCUT2D eigenvalue weighted by Crippen LogP contribution is -2.50. The Hall–Kier alpha value is -1.46. The van der Waals surface area contributed by atoms with Crippen molar-refractivity contribution in [1.82, 2.24) is 20.2 Å². The van der Waals surface area contributed by atoms with E-state index in [0.717, 1.165) is 6.42 Å². The predicted octanol–water partition coefficient (Wildman–Crippen LogP) is 0.934. The van der Waals surface area contributed by atoms with Gasteiger partial charge in [0.2, 0.25) is 0 Å². The van der Waals surface area contributed by atoms with Gasteiger partial charge in [0.15, 0.2) is 11.4 Å². The van der Waals surface area contributed by atoms with Gasteiger partial charge in [-0.2, -0.15) is 0 Å². The third kappa shape index (κ3) is 1.40. The Kier molecular flexibility index (Phi) is 2.25. The molecule has 1 heterocycles. The number of aromatic nitrogens is 4. The van der Waals surface area contributed by atoms with Crippen molar-refractivity contribution in [3.05, 3.63) is 5.82 Å². The third-order valence-electron chi connectivity index (χ3n) is 3.12. The van der Waals surface area contributed by atoms with Crippen molar-refractivity contribution < 1.29 is 9.90 Å². The molecule has 6 nitrogen and oxygen atoms in total. The lowest BCUT2D eigenvalue weighted by atomic mass is 9.76. The molecule has 1 saturated carbocycles. The van der Waals surface area contributed by atoms with Crippen molar-refractivity contribution in [2.45, 2.75) is 51.0 Å².